The Morgan fingerprint density at radius 3 is 2.32 bits per heavy atom. The van der Waals surface area contributed by atoms with Crippen molar-refractivity contribution in [3.05, 3.63) is 0 Å². The van der Waals surface area contributed by atoms with Crippen molar-refractivity contribution >= 4 is 36.0 Å². The summed E-state index contributed by atoms with van der Waals surface area (Å²) in [6.07, 6.45) is -0.223. The van der Waals surface area contributed by atoms with Crippen molar-refractivity contribution in [1.82, 2.24) is 15.1 Å². The minimum Gasteiger partial charge on any atom is -0.450 e. The highest BCUT2D eigenvalue weighted by Gasteiger charge is 2.34. The summed E-state index contributed by atoms with van der Waals surface area (Å²) in [4.78, 5) is 19.9. The number of ether oxygens (including phenoxy) is 2. The molecule has 0 bridgehead atoms. The van der Waals surface area contributed by atoms with Crippen molar-refractivity contribution in [1.29, 1.82) is 0 Å². The summed E-state index contributed by atoms with van der Waals surface area (Å²) in [5.41, 5.74) is 0.211. The van der Waals surface area contributed by atoms with Gasteiger partial charge in [0.2, 0.25) is 0 Å². The lowest BCUT2D eigenvalue weighted by atomic mass is 9.89. The molecule has 2 saturated heterocycles. The first-order valence-corrected chi connectivity index (χ1v) is 7.53. The molecule has 0 aromatic heterocycles. The number of amides is 1. The van der Waals surface area contributed by atoms with Gasteiger partial charge in [-0.05, 0) is 6.92 Å². The van der Waals surface area contributed by atoms with Gasteiger partial charge >= 0.3 is 6.09 Å². The first kappa shape index (κ1) is 19.3. The second kappa shape index (κ2) is 8.76. The number of aliphatic imine (C=N–C) groups is 1. The van der Waals surface area contributed by atoms with Crippen LogP contribution in [0.25, 0.3) is 0 Å². The third-order valence-corrected chi connectivity index (χ3v) is 3.89. The third kappa shape index (κ3) is 4.87. The van der Waals surface area contributed by atoms with Crippen LogP contribution in [0.1, 0.15) is 13.8 Å². The predicted molar refractivity (Wildman–Crippen MR) is 95.9 cm³/mol. The molecule has 1 amide bonds. The first-order valence-electron chi connectivity index (χ1n) is 7.53. The van der Waals surface area contributed by atoms with Crippen LogP contribution in [0, 0.1) is 5.41 Å². The van der Waals surface area contributed by atoms with Crippen molar-refractivity contribution in [2.24, 2.45) is 10.4 Å². The summed E-state index contributed by atoms with van der Waals surface area (Å²) in [5, 5.41) is 3.41. The van der Waals surface area contributed by atoms with Crippen LogP contribution in [-0.2, 0) is 9.47 Å². The van der Waals surface area contributed by atoms with E-state index in [0.717, 1.165) is 38.8 Å². The fourth-order valence-corrected chi connectivity index (χ4v) is 2.49. The molecule has 2 rings (SSSR count). The van der Waals surface area contributed by atoms with Gasteiger partial charge in [0.1, 0.15) is 0 Å². The molecule has 7 nitrogen and oxygen atoms in total. The maximum Gasteiger partial charge on any atom is 0.409 e. The molecule has 0 unspecified atom stereocenters. The number of nitrogens with zero attached hydrogens (tertiary/aromatic N) is 3. The van der Waals surface area contributed by atoms with Gasteiger partial charge in [-0.2, -0.15) is 0 Å². The Bertz CT molecular complexity index is 394. The minimum absolute atomic E-state index is 0. The van der Waals surface area contributed by atoms with Gasteiger partial charge in [-0.15, -0.1) is 24.0 Å². The molecular formula is C14H27IN4O3. The van der Waals surface area contributed by atoms with Crippen LogP contribution in [0.3, 0.4) is 0 Å². The Kier molecular flexibility index (Phi) is 7.67. The van der Waals surface area contributed by atoms with Gasteiger partial charge in [-0.3, -0.25) is 4.99 Å². The van der Waals surface area contributed by atoms with E-state index in [9.17, 15) is 4.79 Å². The SMILES string of the molecule is CCOC(=O)N1CCN(C(=NC)NCC2(C)COC2)CC1.I. The maximum absolute atomic E-state index is 11.7. The van der Waals surface area contributed by atoms with Crippen molar-refractivity contribution in [2.45, 2.75) is 13.8 Å². The molecule has 2 aliphatic heterocycles. The predicted octanol–water partition coefficient (Wildman–Crippen LogP) is 0.990. The summed E-state index contributed by atoms with van der Waals surface area (Å²) in [5.74, 6) is 0.895. The maximum atomic E-state index is 11.7. The number of piperazine rings is 1. The highest BCUT2D eigenvalue weighted by atomic mass is 127. The largest absolute Gasteiger partial charge is 0.450 e. The van der Waals surface area contributed by atoms with Crippen LogP contribution >= 0.6 is 24.0 Å². The molecule has 0 saturated carbocycles. The van der Waals surface area contributed by atoms with E-state index < -0.39 is 0 Å². The molecule has 0 radical (unpaired) electrons. The van der Waals surface area contributed by atoms with E-state index in [4.69, 9.17) is 9.47 Å². The van der Waals surface area contributed by atoms with Crippen molar-refractivity contribution in [3.63, 3.8) is 0 Å². The van der Waals surface area contributed by atoms with Gasteiger partial charge in [-0.1, -0.05) is 6.92 Å². The lowest BCUT2D eigenvalue weighted by Gasteiger charge is -2.40. The van der Waals surface area contributed by atoms with E-state index in [-0.39, 0.29) is 35.5 Å². The lowest BCUT2D eigenvalue weighted by Crippen LogP contribution is -2.56. The molecular weight excluding hydrogens is 399 g/mol. The highest BCUT2D eigenvalue weighted by Crippen LogP contribution is 2.25. The first-order chi connectivity index (χ1) is 10.1. The van der Waals surface area contributed by atoms with E-state index in [1.54, 1.807) is 11.9 Å². The molecule has 0 atom stereocenters. The summed E-state index contributed by atoms with van der Waals surface area (Å²) < 4.78 is 10.3. The number of halogens is 1. The third-order valence-electron chi connectivity index (χ3n) is 3.89. The Morgan fingerprint density at radius 1 is 1.27 bits per heavy atom. The average Bonchev–Trinajstić information content (AvgIpc) is 2.47. The standard InChI is InChI=1S/C14H26N4O3.HI/c1-4-21-13(19)18-7-5-17(6-8-18)12(15-3)16-9-14(2)10-20-11-14;/h4-11H2,1-3H3,(H,15,16);1H. The molecule has 0 aromatic carbocycles. The molecule has 2 aliphatic rings. The fourth-order valence-electron chi connectivity index (χ4n) is 2.49. The van der Waals surface area contributed by atoms with Crippen LogP contribution in [-0.4, -0.2) is 81.4 Å². The smallest absolute Gasteiger partial charge is 0.409 e. The summed E-state index contributed by atoms with van der Waals surface area (Å²) in [6, 6.07) is 0. The van der Waals surface area contributed by atoms with Gasteiger partial charge in [0.05, 0.1) is 19.8 Å². The van der Waals surface area contributed by atoms with E-state index in [1.807, 2.05) is 6.92 Å². The highest BCUT2D eigenvalue weighted by molar-refractivity contribution is 14.0. The number of guanidine groups is 1. The molecule has 128 valence electrons. The second-order valence-corrected chi connectivity index (χ2v) is 5.88. The molecule has 0 aliphatic carbocycles. The molecule has 0 aromatic rings. The van der Waals surface area contributed by atoms with Crippen molar-refractivity contribution < 1.29 is 14.3 Å². The monoisotopic (exact) mass is 426 g/mol. The number of rotatable bonds is 3. The van der Waals surface area contributed by atoms with Gasteiger partial charge in [0.15, 0.2) is 5.96 Å². The van der Waals surface area contributed by atoms with Crippen LogP contribution in [0.4, 0.5) is 4.79 Å². The van der Waals surface area contributed by atoms with Crippen LogP contribution in [0.15, 0.2) is 4.99 Å². The fraction of sp³-hybridized carbons (Fsp3) is 0.857. The van der Waals surface area contributed by atoms with Crippen molar-refractivity contribution in [3.8, 4) is 0 Å². The number of hydrogen-bond donors (Lipinski definition) is 1. The quantitative estimate of drug-likeness (QED) is 0.414. The second-order valence-electron chi connectivity index (χ2n) is 5.88. The number of carbonyl (C=O) groups is 1. The number of carbonyl (C=O) groups excluding carboxylic acids is 1. The summed E-state index contributed by atoms with van der Waals surface area (Å²) in [6.45, 7) is 9.78. The van der Waals surface area contributed by atoms with Gasteiger partial charge in [0, 0.05) is 45.2 Å². The number of nitrogens with one attached hydrogen (secondary N) is 1. The molecule has 1 N–H and O–H groups in total. The molecule has 0 spiro atoms. The van der Waals surface area contributed by atoms with Gasteiger partial charge in [-0.25, -0.2) is 4.79 Å². The zero-order valence-corrected chi connectivity index (χ0v) is 16.0. The van der Waals surface area contributed by atoms with E-state index in [1.165, 1.54) is 0 Å². The van der Waals surface area contributed by atoms with E-state index in [2.05, 4.69) is 22.1 Å². The van der Waals surface area contributed by atoms with Crippen LogP contribution < -0.4 is 5.32 Å². The Hall–Kier alpha value is -0.770. The minimum atomic E-state index is -0.223. The molecule has 8 heteroatoms. The van der Waals surface area contributed by atoms with Gasteiger partial charge < -0.3 is 24.6 Å². The summed E-state index contributed by atoms with van der Waals surface area (Å²) in [7, 11) is 1.79. The molecule has 22 heavy (non-hydrogen) atoms. The van der Waals surface area contributed by atoms with E-state index in [0.29, 0.717) is 19.7 Å². The normalized spacial score (nSPS) is 20.8. The van der Waals surface area contributed by atoms with Gasteiger partial charge in [0.25, 0.3) is 0 Å². The van der Waals surface area contributed by atoms with Crippen LogP contribution in [0.2, 0.25) is 0 Å². The number of hydrogen-bond acceptors (Lipinski definition) is 4. The lowest BCUT2D eigenvalue weighted by molar-refractivity contribution is -0.0973. The Labute approximate surface area is 149 Å². The van der Waals surface area contributed by atoms with Crippen LogP contribution in [0.5, 0.6) is 0 Å². The average molecular weight is 426 g/mol. The zero-order valence-electron chi connectivity index (χ0n) is 13.6. The molecule has 2 heterocycles. The summed E-state index contributed by atoms with van der Waals surface area (Å²) >= 11 is 0. The molecule has 2 fully saturated rings. The Morgan fingerprint density at radius 2 is 1.86 bits per heavy atom. The zero-order chi connectivity index (χ0) is 15.3. The van der Waals surface area contributed by atoms with E-state index >= 15 is 0 Å². The Balaban J connectivity index is 0.00000242. The van der Waals surface area contributed by atoms with Crippen molar-refractivity contribution in [2.75, 3.05) is 59.6 Å². The topological polar surface area (TPSA) is 66.4 Å².